The first-order chi connectivity index (χ1) is 12.1. The summed E-state index contributed by atoms with van der Waals surface area (Å²) in [7, 11) is 0. The highest BCUT2D eigenvalue weighted by molar-refractivity contribution is 8.00. The van der Waals surface area contributed by atoms with E-state index in [1.165, 1.54) is 23.5 Å². The second-order valence-electron chi connectivity index (χ2n) is 5.02. The first-order valence-corrected chi connectivity index (χ1v) is 10.1. The van der Waals surface area contributed by atoms with E-state index in [9.17, 15) is 9.18 Å². The number of hydrogen-bond acceptors (Lipinski definition) is 6. The van der Waals surface area contributed by atoms with Gasteiger partial charge >= 0.3 is 6.03 Å². The van der Waals surface area contributed by atoms with Gasteiger partial charge in [0.1, 0.15) is 5.82 Å². The summed E-state index contributed by atoms with van der Waals surface area (Å²) in [4.78, 5) is 21.1. The van der Waals surface area contributed by atoms with Crippen LogP contribution < -0.4 is 10.6 Å². The van der Waals surface area contributed by atoms with E-state index in [1.807, 2.05) is 18.4 Å². The van der Waals surface area contributed by atoms with E-state index in [1.54, 1.807) is 35.2 Å². The van der Waals surface area contributed by atoms with Crippen LogP contribution in [0.15, 0.2) is 40.7 Å². The normalized spacial score (nSPS) is 11.1. The zero-order chi connectivity index (χ0) is 17.4. The standard InChI is InChI=1S/C16H11FN4OS3/c1-23-16-20-11-7-6-10-12(13(11)25-16)24-15(19-10)21-14(22)18-9-5-3-2-4-8(9)17/h2-7H,1H3,(H2,18,19,21,22). The molecule has 0 aliphatic rings. The van der Waals surface area contributed by atoms with Crippen LogP contribution in [-0.4, -0.2) is 22.3 Å². The topological polar surface area (TPSA) is 66.9 Å². The molecule has 2 aromatic carbocycles. The molecule has 0 radical (unpaired) electrons. The number of hydrogen-bond donors (Lipinski definition) is 2. The number of fused-ring (bicyclic) bond motifs is 3. The summed E-state index contributed by atoms with van der Waals surface area (Å²) in [6.45, 7) is 0. The molecule has 9 heteroatoms. The third kappa shape index (κ3) is 3.17. The summed E-state index contributed by atoms with van der Waals surface area (Å²) in [6.07, 6.45) is 1.99. The van der Waals surface area contributed by atoms with Crippen LogP contribution in [0.1, 0.15) is 0 Å². The fourth-order valence-electron chi connectivity index (χ4n) is 2.31. The van der Waals surface area contributed by atoms with Crippen molar-refractivity contribution in [3.63, 3.8) is 0 Å². The van der Waals surface area contributed by atoms with Gasteiger partial charge in [-0.15, -0.1) is 11.3 Å². The van der Waals surface area contributed by atoms with Crippen molar-refractivity contribution >= 4 is 71.7 Å². The highest BCUT2D eigenvalue weighted by atomic mass is 32.2. The van der Waals surface area contributed by atoms with Crippen LogP contribution in [0.5, 0.6) is 0 Å². The first-order valence-electron chi connectivity index (χ1n) is 7.20. The number of nitrogens with zero attached hydrogens (tertiary/aromatic N) is 2. The zero-order valence-electron chi connectivity index (χ0n) is 12.9. The van der Waals surface area contributed by atoms with Gasteiger partial charge in [-0.1, -0.05) is 35.2 Å². The van der Waals surface area contributed by atoms with Gasteiger partial charge in [-0.3, -0.25) is 5.32 Å². The number of para-hydroxylation sites is 1. The van der Waals surface area contributed by atoms with Crippen LogP contribution in [0, 0.1) is 5.82 Å². The minimum Gasteiger partial charge on any atom is -0.305 e. The van der Waals surface area contributed by atoms with E-state index in [-0.39, 0.29) is 5.69 Å². The quantitative estimate of drug-likeness (QED) is 0.459. The molecule has 0 saturated carbocycles. The number of nitrogens with one attached hydrogen (secondary N) is 2. The molecule has 25 heavy (non-hydrogen) atoms. The van der Waals surface area contributed by atoms with Crippen LogP contribution in [-0.2, 0) is 0 Å². The Kier molecular flexibility index (Phi) is 4.28. The molecule has 0 unspecified atom stereocenters. The maximum absolute atomic E-state index is 13.6. The molecule has 0 saturated heterocycles. The molecule has 5 nitrogen and oxygen atoms in total. The number of thioether (sulfide) groups is 1. The Bertz CT molecular complexity index is 1090. The maximum atomic E-state index is 13.6. The largest absolute Gasteiger partial charge is 0.325 e. The van der Waals surface area contributed by atoms with Gasteiger partial charge in [-0.2, -0.15) is 0 Å². The average molecular weight is 390 g/mol. The van der Waals surface area contributed by atoms with Crippen molar-refractivity contribution in [2.75, 3.05) is 16.9 Å². The lowest BCUT2D eigenvalue weighted by molar-refractivity contribution is 0.262. The highest BCUT2D eigenvalue weighted by Crippen LogP contribution is 2.38. The second-order valence-corrected chi connectivity index (χ2v) is 8.08. The molecule has 2 N–H and O–H groups in total. The number of carbonyl (C=O) groups is 1. The lowest BCUT2D eigenvalue weighted by Gasteiger charge is -2.05. The van der Waals surface area contributed by atoms with Gasteiger partial charge in [0.05, 0.1) is 26.1 Å². The third-order valence-corrected chi connectivity index (χ3v) is 6.62. The third-order valence-electron chi connectivity index (χ3n) is 3.41. The number of halogens is 1. The number of urea groups is 1. The molecule has 0 aliphatic carbocycles. The van der Waals surface area contributed by atoms with Crippen LogP contribution in [0.4, 0.5) is 20.0 Å². The van der Waals surface area contributed by atoms with E-state index < -0.39 is 11.8 Å². The number of anilines is 2. The van der Waals surface area contributed by atoms with E-state index in [0.29, 0.717) is 5.13 Å². The molecular weight excluding hydrogens is 379 g/mol. The summed E-state index contributed by atoms with van der Waals surface area (Å²) in [6, 6.07) is 9.29. The lowest BCUT2D eigenvalue weighted by Crippen LogP contribution is -2.19. The summed E-state index contributed by atoms with van der Waals surface area (Å²) in [5.41, 5.74) is 1.85. The molecule has 0 aliphatic heterocycles. The van der Waals surface area contributed by atoms with E-state index in [4.69, 9.17) is 0 Å². The Morgan fingerprint density at radius 3 is 2.52 bits per heavy atom. The number of carbonyl (C=O) groups excluding carboxylic acids is 1. The van der Waals surface area contributed by atoms with Gasteiger partial charge in [0.25, 0.3) is 0 Å². The molecule has 2 amide bonds. The van der Waals surface area contributed by atoms with Crippen molar-refractivity contribution in [1.82, 2.24) is 9.97 Å². The van der Waals surface area contributed by atoms with Crippen LogP contribution in [0.2, 0.25) is 0 Å². The van der Waals surface area contributed by atoms with Gasteiger partial charge < -0.3 is 5.32 Å². The summed E-state index contributed by atoms with van der Waals surface area (Å²) in [5, 5.41) is 5.60. The molecule has 0 fully saturated rings. The van der Waals surface area contributed by atoms with Gasteiger partial charge in [0.2, 0.25) is 0 Å². The Balaban J connectivity index is 1.61. The SMILES string of the molecule is CSc1nc2ccc3nc(NC(=O)Nc4ccccc4F)sc3c2s1. The fourth-order valence-corrected chi connectivity index (χ4v) is 4.96. The molecule has 2 aromatic heterocycles. The Labute approximate surface area is 154 Å². The number of rotatable bonds is 3. The van der Waals surface area contributed by atoms with E-state index >= 15 is 0 Å². The predicted octanol–water partition coefficient (Wildman–Crippen LogP) is 5.41. The van der Waals surface area contributed by atoms with Crippen molar-refractivity contribution in [2.45, 2.75) is 4.34 Å². The van der Waals surface area contributed by atoms with Gasteiger partial charge in [0, 0.05) is 0 Å². The number of thiazole rings is 2. The van der Waals surface area contributed by atoms with Crippen molar-refractivity contribution < 1.29 is 9.18 Å². The minimum atomic E-state index is -0.533. The monoisotopic (exact) mass is 390 g/mol. The van der Waals surface area contributed by atoms with Crippen LogP contribution in [0.25, 0.3) is 20.4 Å². The van der Waals surface area contributed by atoms with Crippen LogP contribution >= 0.6 is 34.4 Å². The number of benzene rings is 2. The molecule has 0 bridgehead atoms. The average Bonchev–Trinajstić information content (AvgIpc) is 3.19. The van der Waals surface area contributed by atoms with Gasteiger partial charge in [-0.25, -0.2) is 19.2 Å². The van der Waals surface area contributed by atoms with Gasteiger partial charge in [0.15, 0.2) is 9.47 Å². The number of aromatic nitrogens is 2. The summed E-state index contributed by atoms with van der Waals surface area (Å²) in [5.74, 6) is -0.488. The fraction of sp³-hybridized carbons (Fsp3) is 0.0625. The second kappa shape index (κ2) is 6.58. The van der Waals surface area contributed by atoms with E-state index in [0.717, 1.165) is 24.8 Å². The Hall–Kier alpha value is -2.23. The number of amides is 2. The lowest BCUT2D eigenvalue weighted by atomic mass is 10.3. The van der Waals surface area contributed by atoms with Crippen LogP contribution in [0.3, 0.4) is 0 Å². The van der Waals surface area contributed by atoms with Crippen molar-refractivity contribution in [1.29, 1.82) is 0 Å². The van der Waals surface area contributed by atoms with E-state index in [2.05, 4.69) is 20.6 Å². The smallest absolute Gasteiger partial charge is 0.305 e. The Morgan fingerprint density at radius 2 is 1.76 bits per heavy atom. The molecule has 2 heterocycles. The van der Waals surface area contributed by atoms with Crippen molar-refractivity contribution in [3.05, 3.63) is 42.2 Å². The molecule has 4 rings (SSSR count). The molecule has 4 aromatic rings. The molecule has 0 atom stereocenters. The summed E-state index contributed by atoms with van der Waals surface area (Å²) < 4.78 is 16.6. The first kappa shape index (κ1) is 16.2. The molecule has 0 spiro atoms. The zero-order valence-corrected chi connectivity index (χ0v) is 15.3. The molecule has 126 valence electrons. The molecular formula is C16H11FN4OS3. The predicted molar refractivity (Wildman–Crippen MR) is 104 cm³/mol. The van der Waals surface area contributed by atoms with Crippen molar-refractivity contribution in [2.24, 2.45) is 0 Å². The van der Waals surface area contributed by atoms with Crippen molar-refractivity contribution in [3.8, 4) is 0 Å². The minimum absolute atomic E-state index is 0.121. The highest BCUT2D eigenvalue weighted by Gasteiger charge is 2.14. The Morgan fingerprint density at radius 1 is 1.04 bits per heavy atom. The van der Waals surface area contributed by atoms with Gasteiger partial charge in [-0.05, 0) is 30.5 Å². The maximum Gasteiger partial charge on any atom is 0.325 e. The summed E-state index contributed by atoms with van der Waals surface area (Å²) >= 11 is 4.59.